The number of Topliss-reactive ketones (excluding diaryl/α,β-unsaturated/α-hetero) is 1. The molecule has 0 radical (unpaired) electrons. The van der Waals surface area contributed by atoms with Crippen LogP contribution in [0.2, 0.25) is 10.0 Å². The molecule has 37 heavy (non-hydrogen) atoms. The highest BCUT2D eigenvalue weighted by atomic mass is 35.5. The van der Waals surface area contributed by atoms with E-state index in [2.05, 4.69) is 5.32 Å². The van der Waals surface area contributed by atoms with E-state index in [-0.39, 0.29) is 46.6 Å². The van der Waals surface area contributed by atoms with E-state index >= 15 is 0 Å². The van der Waals surface area contributed by atoms with E-state index in [1.54, 1.807) is 29.2 Å². The maximum atomic E-state index is 14.6. The van der Waals surface area contributed by atoms with Gasteiger partial charge in [-0.1, -0.05) is 23.2 Å². The highest BCUT2D eigenvalue weighted by Gasteiger charge is 2.18. The van der Waals surface area contributed by atoms with Gasteiger partial charge in [0.25, 0.3) is 5.91 Å². The second-order valence-corrected chi connectivity index (χ2v) is 9.09. The molecule has 1 aliphatic heterocycles. The Morgan fingerprint density at radius 2 is 1.59 bits per heavy atom. The lowest BCUT2D eigenvalue weighted by molar-refractivity contribution is -0.135. The number of morpholine rings is 1. The maximum Gasteiger partial charge on any atom is 0.255 e. The number of anilines is 1. The smallest absolute Gasteiger partial charge is 0.255 e. The third-order valence-electron chi connectivity index (χ3n) is 5.71. The monoisotopic (exact) mass is 544 g/mol. The Morgan fingerprint density at radius 3 is 2.27 bits per heavy atom. The second-order valence-electron chi connectivity index (χ2n) is 8.27. The maximum absolute atomic E-state index is 14.6. The zero-order valence-corrected chi connectivity index (χ0v) is 21.2. The van der Waals surface area contributed by atoms with Crippen molar-refractivity contribution in [2.24, 2.45) is 0 Å². The van der Waals surface area contributed by atoms with E-state index in [0.717, 1.165) is 6.07 Å². The van der Waals surface area contributed by atoms with Crippen LogP contribution in [0.5, 0.6) is 11.5 Å². The van der Waals surface area contributed by atoms with Gasteiger partial charge in [0.15, 0.2) is 17.3 Å². The van der Waals surface area contributed by atoms with Crippen LogP contribution >= 0.6 is 23.2 Å². The fourth-order valence-electron chi connectivity index (χ4n) is 3.67. The van der Waals surface area contributed by atoms with Crippen molar-refractivity contribution in [2.45, 2.75) is 12.8 Å². The molecule has 0 saturated carbocycles. The number of hydrogen-bond acceptors (Lipinski definition) is 5. The van der Waals surface area contributed by atoms with Crippen LogP contribution in [0.25, 0.3) is 0 Å². The van der Waals surface area contributed by atoms with Crippen molar-refractivity contribution in [3.63, 3.8) is 0 Å². The number of halogens is 3. The first kappa shape index (κ1) is 26.6. The van der Waals surface area contributed by atoms with Gasteiger partial charge in [-0.05, 0) is 54.6 Å². The summed E-state index contributed by atoms with van der Waals surface area (Å²) < 4.78 is 25.5. The SMILES string of the molecule is O=C(CCC(=O)N1CCOCC1)c1ccc(Oc2ccc(NC(=O)c3ccc(Cl)c(Cl)c3)cc2F)cc1. The Kier molecular flexibility index (Phi) is 8.76. The molecule has 0 aliphatic carbocycles. The van der Waals surface area contributed by atoms with Crippen molar-refractivity contribution in [2.75, 3.05) is 31.6 Å². The van der Waals surface area contributed by atoms with E-state index in [1.165, 1.54) is 30.3 Å². The zero-order chi connectivity index (χ0) is 26.4. The van der Waals surface area contributed by atoms with Crippen LogP contribution in [-0.2, 0) is 9.53 Å². The first-order valence-electron chi connectivity index (χ1n) is 11.5. The van der Waals surface area contributed by atoms with Crippen LogP contribution in [-0.4, -0.2) is 48.8 Å². The number of hydrogen-bond donors (Lipinski definition) is 1. The van der Waals surface area contributed by atoms with Crippen molar-refractivity contribution in [3.05, 3.63) is 87.7 Å². The molecule has 0 bridgehead atoms. The topological polar surface area (TPSA) is 84.9 Å². The summed E-state index contributed by atoms with van der Waals surface area (Å²) in [5, 5.41) is 3.15. The van der Waals surface area contributed by atoms with Gasteiger partial charge < -0.3 is 19.7 Å². The van der Waals surface area contributed by atoms with Crippen molar-refractivity contribution >= 4 is 46.5 Å². The third-order valence-corrected chi connectivity index (χ3v) is 6.44. The van der Waals surface area contributed by atoms with Gasteiger partial charge in [-0.2, -0.15) is 0 Å². The van der Waals surface area contributed by atoms with Gasteiger partial charge in [0, 0.05) is 48.8 Å². The summed E-state index contributed by atoms with van der Waals surface area (Å²) in [5.74, 6) is -1.12. The third kappa shape index (κ3) is 7.07. The van der Waals surface area contributed by atoms with Crippen LogP contribution in [0.4, 0.5) is 10.1 Å². The lowest BCUT2D eigenvalue weighted by atomic mass is 10.1. The van der Waals surface area contributed by atoms with Gasteiger partial charge in [0.1, 0.15) is 5.75 Å². The largest absolute Gasteiger partial charge is 0.454 e. The molecule has 0 unspecified atom stereocenters. The normalized spacial score (nSPS) is 13.2. The minimum atomic E-state index is -0.686. The second kappa shape index (κ2) is 12.2. The van der Waals surface area contributed by atoms with Gasteiger partial charge >= 0.3 is 0 Å². The lowest BCUT2D eigenvalue weighted by Gasteiger charge is -2.26. The first-order chi connectivity index (χ1) is 17.8. The summed E-state index contributed by atoms with van der Waals surface area (Å²) in [6, 6.07) is 14.7. The molecule has 1 heterocycles. The lowest BCUT2D eigenvalue weighted by Crippen LogP contribution is -2.40. The number of ether oxygens (including phenoxy) is 2. The molecule has 1 saturated heterocycles. The first-order valence-corrected chi connectivity index (χ1v) is 12.3. The van der Waals surface area contributed by atoms with Crippen molar-refractivity contribution in [1.82, 2.24) is 4.90 Å². The van der Waals surface area contributed by atoms with Crippen molar-refractivity contribution in [1.29, 1.82) is 0 Å². The van der Waals surface area contributed by atoms with E-state index in [4.69, 9.17) is 32.7 Å². The summed E-state index contributed by atoms with van der Waals surface area (Å²) in [5.41, 5.74) is 0.937. The molecule has 2 amide bonds. The van der Waals surface area contributed by atoms with Crippen molar-refractivity contribution in [3.8, 4) is 11.5 Å². The van der Waals surface area contributed by atoms with Crippen LogP contribution in [0.3, 0.4) is 0 Å². The minimum absolute atomic E-state index is 0.0530. The summed E-state index contributed by atoms with van der Waals surface area (Å²) in [4.78, 5) is 38.8. The molecule has 3 aromatic rings. The van der Waals surface area contributed by atoms with Crippen LogP contribution in [0.1, 0.15) is 33.6 Å². The van der Waals surface area contributed by atoms with Crippen molar-refractivity contribution < 1.29 is 28.2 Å². The number of ketones is 1. The molecule has 0 atom stereocenters. The Balaban J connectivity index is 1.32. The van der Waals surface area contributed by atoms with Gasteiger partial charge in [-0.15, -0.1) is 0 Å². The number of benzene rings is 3. The number of nitrogens with zero attached hydrogens (tertiary/aromatic N) is 1. The molecular formula is C27H23Cl2FN2O5. The Labute approximate surface area is 223 Å². The Morgan fingerprint density at radius 1 is 0.892 bits per heavy atom. The molecule has 1 N–H and O–H groups in total. The molecule has 192 valence electrons. The summed E-state index contributed by atoms with van der Waals surface area (Å²) in [7, 11) is 0. The van der Waals surface area contributed by atoms with Gasteiger partial charge in [-0.25, -0.2) is 4.39 Å². The van der Waals surface area contributed by atoms with Crippen LogP contribution in [0.15, 0.2) is 60.7 Å². The van der Waals surface area contributed by atoms with E-state index in [0.29, 0.717) is 42.6 Å². The fraction of sp³-hybridized carbons (Fsp3) is 0.222. The van der Waals surface area contributed by atoms with Crippen LogP contribution in [0, 0.1) is 5.82 Å². The van der Waals surface area contributed by atoms with E-state index in [1.807, 2.05) is 0 Å². The molecule has 3 aromatic carbocycles. The van der Waals surface area contributed by atoms with Gasteiger partial charge in [0.05, 0.1) is 23.3 Å². The Hall–Kier alpha value is -3.46. The molecule has 0 spiro atoms. The standard InChI is InChI=1S/C27H23Cl2FN2O5/c28-21-7-3-18(15-22(21)29)27(35)31-19-4-9-25(23(30)16-19)37-20-5-1-17(2-6-20)24(33)8-10-26(34)32-11-13-36-14-12-32/h1-7,9,15-16H,8,10-14H2,(H,31,35). The molecule has 1 fully saturated rings. The molecule has 4 rings (SSSR count). The minimum Gasteiger partial charge on any atom is -0.454 e. The van der Waals surface area contributed by atoms with Gasteiger partial charge in [0.2, 0.25) is 5.91 Å². The predicted molar refractivity (Wildman–Crippen MR) is 138 cm³/mol. The molecular weight excluding hydrogens is 522 g/mol. The number of rotatable bonds is 8. The number of amides is 2. The van der Waals surface area contributed by atoms with Gasteiger partial charge in [-0.3, -0.25) is 14.4 Å². The summed E-state index contributed by atoms with van der Waals surface area (Å²) in [6.07, 6.45) is 0.233. The predicted octanol–water partition coefficient (Wildman–Crippen LogP) is 6.00. The number of carbonyl (C=O) groups excluding carboxylic acids is 3. The Bertz CT molecular complexity index is 1310. The summed E-state index contributed by atoms with van der Waals surface area (Å²) >= 11 is 11.8. The average Bonchev–Trinajstić information content (AvgIpc) is 2.91. The average molecular weight is 545 g/mol. The molecule has 7 nitrogen and oxygen atoms in total. The molecule has 0 aromatic heterocycles. The summed E-state index contributed by atoms with van der Waals surface area (Å²) in [6.45, 7) is 2.11. The van der Waals surface area contributed by atoms with E-state index in [9.17, 15) is 18.8 Å². The molecule has 1 aliphatic rings. The number of nitrogens with one attached hydrogen (secondary N) is 1. The number of carbonyl (C=O) groups is 3. The quantitative estimate of drug-likeness (QED) is 0.351. The van der Waals surface area contributed by atoms with E-state index < -0.39 is 11.7 Å². The van der Waals surface area contributed by atoms with Crippen LogP contribution < -0.4 is 10.1 Å². The highest BCUT2D eigenvalue weighted by Crippen LogP contribution is 2.28. The zero-order valence-electron chi connectivity index (χ0n) is 19.6. The molecule has 10 heteroatoms. The fourth-order valence-corrected chi connectivity index (χ4v) is 3.97. The highest BCUT2D eigenvalue weighted by molar-refractivity contribution is 6.42.